The number of hydrogen-bond donors (Lipinski definition) is 0. The molecular weight excluding hydrogens is 535 g/mol. The zero-order valence-corrected chi connectivity index (χ0v) is 25.0. The predicted octanol–water partition coefficient (Wildman–Crippen LogP) is 8.90. The van der Waals surface area contributed by atoms with Crippen LogP contribution in [0.2, 0.25) is 13.3 Å². The average molecular weight is 579 g/mol. The van der Waals surface area contributed by atoms with E-state index in [2.05, 4.69) is 99.6 Å². The summed E-state index contributed by atoms with van der Waals surface area (Å²) in [6.45, 7) is 8.23. The molecule has 0 radical (unpaired) electrons. The van der Waals surface area contributed by atoms with Crippen molar-refractivity contribution in [2.24, 2.45) is 0 Å². The van der Waals surface area contributed by atoms with Crippen LogP contribution in [-0.4, -0.2) is 18.4 Å². The molecule has 0 saturated heterocycles. The first kappa shape index (κ1) is 27.6. The van der Waals surface area contributed by atoms with Crippen LogP contribution in [0.15, 0.2) is 78.9 Å². The van der Waals surface area contributed by atoms with E-state index in [9.17, 15) is 0 Å². The maximum absolute atomic E-state index is 6.58. The summed E-state index contributed by atoms with van der Waals surface area (Å²) in [7, 11) is 0. The van der Waals surface area contributed by atoms with Gasteiger partial charge in [-0.1, -0.05) is 0 Å². The van der Waals surface area contributed by atoms with Gasteiger partial charge in [-0.3, -0.25) is 0 Å². The van der Waals surface area contributed by atoms with E-state index < -0.39 is 18.4 Å². The Balaban J connectivity index is 1.96. The Labute approximate surface area is 217 Å². The van der Waals surface area contributed by atoms with Gasteiger partial charge < -0.3 is 0 Å². The van der Waals surface area contributed by atoms with Gasteiger partial charge in [-0.2, -0.15) is 0 Å². The summed E-state index contributed by atoms with van der Waals surface area (Å²) in [6, 6.07) is 27.7. The van der Waals surface area contributed by atoms with Crippen LogP contribution >= 0.6 is 0 Å². The van der Waals surface area contributed by atoms with Gasteiger partial charge in [0.1, 0.15) is 0 Å². The Bertz CT molecular complexity index is 950. The van der Waals surface area contributed by atoms with Crippen molar-refractivity contribution in [3.05, 3.63) is 90.0 Å². The molecule has 0 bridgehead atoms. The zero-order valence-electron chi connectivity index (χ0n) is 22.1. The Morgan fingerprint density at radius 3 is 1.54 bits per heavy atom. The molecule has 0 spiro atoms. The van der Waals surface area contributed by atoms with Gasteiger partial charge in [0.05, 0.1) is 0 Å². The Hall–Kier alpha value is -1.94. The second-order valence-electron chi connectivity index (χ2n) is 9.80. The van der Waals surface area contributed by atoms with Gasteiger partial charge in [0.15, 0.2) is 0 Å². The van der Waals surface area contributed by atoms with Crippen molar-refractivity contribution >= 4 is 22.0 Å². The minimum absolute atomic E-state index is 0.603. The molecule has 0 aliphatic heterocycles. The molecule has 2 nitrogen and oxygen atoms in total. The van der Waals surface area contributed by atoms with Crippen LogP contribution < -0.4 is 13.1 Å². The molecule has 3 aromatic rings. The Morgan fingerprint density at radius 1 is 0.571 bits per heavy atom. The van der Waals surface area contributed by atoms with Crippen molar-refractivity contribution in [3.8, 4) is 11.5 Å². The number of unbranched alkanes of at least 4 members (excludes halogenated alkanes) is 3. The van der Waals surface area contributed by atoms with Crippen LogP contribution in [0.25, 0.3) is 0 Å². The summed E-state index contributed by atoms with van der Waals surface area (Å²) in [5, 5.41) is 0. The monoisotopic (exact) mass is 580 g/mol. The van der Waals surface area contributed by atoms with Crippen LogP contribution in [0.3, 0.4) is 0 Å². The molecule has 3 rings (SSSR count). The van der Waals surface area contributed by atoms with E-state index in [1.165, 1.54) is 63.0 Å². The maximum atomic E-state index is 6.58. The molecular formula is C32H44O2Sn. The Kier molecular flexibility index (Phi) is 12.0. The second-order valence-corrected chi connectivity index (χ2v) is 22.9. The molecule has 35 heavy (non-hydrogen) atoms. The summed E-state index contributed by atoms with van der Waals surface area (Å²) in [4.78, 5) is 0. The molecule has 3 aromatic carbocycles. The second kappa shape index (κ2) is 15.2. The van der Waals surface area contributed by atoms with Crippen molar-refractivity contribution in [2.75, 3.05) is 0 Å². The van der Waals surface area contributed by atoms with Crippen LogP contribution in [0.5, 0.6) is 11.5 Å². The summed E-state index contributed by atoms with van der Waals surface area (Å²) >= 11 is -2.73. The first-order valence-electron chi connectivity index (χ1n) is 13.7. The fourth-order valence-electron chi connectivity index (χ4n) is 4.94. The van der Waals surface area contributed by atoms with Gasteiger partial charge in [-0.25, -0.2) is 0 Å². The van der Waals surface area contributed by atoms with Crippen LogP contribution in [0.1, 0.15) is 70.4 Å². The fraction of sp³-hybridized carbons (Fsp3) is 0.438. The van der Waals surface area contributed by atoms with E-state index in [4.69, 9.17) is 9.47 Å². The van der Waals surface area contributed by atoms with E-state index in [-0.39, 0.29) is 0 Å². The third-order valence-electron chi connectivity index (χ3n) is 7.03. The fourth-order valence-corrected chi connectivity index (χ4v) is 21.4. The van der Waals surface area contributed by atoms with Crippen molar-refractivity contribution in [1.82, 2.24) is 0 Å². The van der Waals surface area contributed by atoms with Crippen LogP contribution in [-0.2, 0) is 13.2 Å². The van der Waals surface area contributed by atoms with Crippen LogP contribution in [0, 0.1) is 0 Å². The van der Waals surface area contributed by atoms with Gasteiger partial charge in [0.25, 0.3) is 0 Å². The molecule has 3 heteroatoms. The number of hydrogen-bond acceptors (Lipinski definition) is 2. The molecule has 0 saturated carbocycles. The average Bonchev–Trinajstić information content (AvgIpc) is 2.92. The molecule has 0 atom stereocenters. The van der Waals surface area contributed by atoms with Gasteiger partial charge in [0.2, 0.25) is 0 Å². The van der Waals surface area contributed by atoms with Crippen molar-refractivity contribution in [1.29, 1.82) is 0 Å². The first-order valence-corrected chi connectivity index (χ1v) is 21.2. The SMILES string of the molecule is CCC[CH2][Sn]([CH2]CCC)([CH2]CCC)[c]1cc(OCc2ccccc2)ccc1OCc1ccccc1. The molecule has 0 aliphatic carbocycles. The Morgan fingerprint density at radius 2 is 1.06 bits per heavy atom. The van der Waals surface area contributed by atoms with Crippen molar-refractivity contribution in [2.45, 2.75) is 85.8 Å². The van der Waals surface area contributed by atoms with Gasteiger partial charge in [-0.05, 0) is 0 Å². The normalized spacial score (nSPS) is 11.4. The van der Waals surface area contributed by atoms with Gasteiger partial charge in [-0.15, -0.1) is 0 Å². The molecule has 0 N–H and O–H groups in total. The molecule has 0 unspecified atom stereocenters. The molecule has 0 aromatic heterocycles. The summed E-state index contributed by atoms with van der Waals surface area (Å²) < 4.78 is 18.7. The minimum atomic E-state index is -2.73. The van der Waals surface area contributed by atoms with Crippen molar-refractivity contribution < 1.29 is 9.47 Å². The molecule has 0 aliphatic rings. The molecule has 0 heterocycles. The van der Waals surface area contributed by atoms with Gasteiger partial charge >= 0.3 is 219 Å². The first-order chi connectivity index (χ1) is 17.2. The number of benzene rings is 3. The third-order valence-corrected chi connectivity index (χ3v) is 22.6. The molecule has 0 fully saturated rings. The number of rotatable bonds is 16. The summed E-state index contributed by atoms with van der Waals surface area (Å²) in [5.74, 6) is 2.10. The summed E-state index contributed by atoms with van der Waals surface area (Å²) in [6.07, 6.45) is 7.79. The predicted molar refractivity (Wildman–Crippen MR) is 153 cm³/mol. The molecule has 0 amide bonds. The van der Waals surface area contributed by atoms with E-state index in [0.717, 1.165) is 11.5 Å². The van der Waals surface area contributed by atoms with E-state index in [0.29, 0.717) is 13.2 Å². The van der Waals surface area contributed by atoms with Crippen LogP contribution in [0.4, 0.5) is 0 Å². The number of ether oxygens (including phenoxy) is 2. The van der Waals surface area contributed by atoms with E-state index >= 15 is 0 Å². The van der Waals surface area contributed by atoms with Crippen molar-refractivity contribution in [3.63, 3.8) is 0 Å². The standard InChI is InChI=1S/C20H17O2.3C4H9.Sn/c1-3-7-17(8-4-1)15-21-19-11-13-20(14-12-19)22-16-18-9-5-2-6-10-18;3*1-3-4-2;/h1-13H,15-16H2;3*1,3-4H2,2H3;. The van der Waals surface area contributed by atoms with E-state index in [1.54, 1.807) is 3.58 Å². The quantitative estimate of drug-likeness (QED) is 0.158. The topological polar surface area (TPSA) is 18.5 Å². The van der Waals surface area contributed by atoms with Gasteiger partial charge in [0, 0.05) is 0 Å². The molecule has 188 valence electrons. The third kappa shape index (κ3) is 8.59. The zero-order chi connectivity index (χ0) is 24.8. The van der Waals surface area contributed by atoms with E-state index in [1.807, 2.05) is 0 Å². The summed E-state index contributed by atoms with van der Waals surface area (Å²) in [5.41, 5.74) is 2.43.